The lowest BCUT2D eigenvalue weighted by Crippen LogP contribution is -2.36. The van der Waals surface area contributed by atoms with Crippen molar-refractivity contribution in [2.24, 2.45) is 7.05 Å². The minimum absolute atomic E-state index is 0.0396. The lowest BCUT2D eigenvalue weighted by Gasteiger charge is -2.24. The standard InChI is InChI=1S/C27H33N3O5/c1-6-33-25(31)17-22(29-26(32)35-27(2,3)4)20-12-13-24(34-18-19-10-8-7-9-11-19)21(16-20)23-14-15-28-30(23)5/h7-16,22H,6,17-18H2,1-5H3,(H,29,32)/t22-/m0/s1. The van der Waals surface area contributed by atoms with Crippen molar-refractivity contribution in [3.8, 4) is 17.0 Å². The summed E-state index contributed by atoms with van der Waals surface area (Å²) in [5.74, 6) is 0.244. The Morgan fingerprint density at radius 1 is 1.09 bits per heavy atom. The largest absolute Gasteiger partial charge is 0.488 e. The Bertz CT molecular complexity index is 1140. The third-order valence-corrected chi connectivity index (χ3v) is 5.11. The van der Waals surface area contributed by atoms with E-state index in [1.807, 2.05) is 61.6 Å². The monoisotopic (exact) mass is 479 g/mol. The lowest BCUT2D eigenvalue weighted by atomic mass is 9.99. The Balaban J connectivity index is 1.95. The smallest absolute Gasteiger partial charge is 0.408 e. The van der Waals surface area contributed by atoms with Gasteiger partial charge < -0.3 is 19.5 Å². The van der Waals surface area contributed by atoms with Gasteiger partial charge in [-0.05, 0) is 57.0 Å². The van der Waals surface area contributed by atoms with Crippen LogP contribution in [-0.4, -0.2) is 34.1 Å². The van der Waals surface area contributed by atoms with Crippen molar-refractivity contribution in [2.75, 3.05) is 6.61 Å². The predicted octanol–water partition coefficient (Wildman–Crippen LogP) is 5.19. The van der Waals surface area contributed by atoms with E-state index in [9.17, 15) is 9.59 Å². The van der Waals surface area contributed by atoms with Gasteiger partial charge in [-0.3, -0.25) is 9.48 Å². The number of aromatic nitrogens is 2. The summed E-state index contributed by atoms with van der Waals surface area (Å²) < 4.78 is 18.5. The van der Waals surface area contributed by atoms with Crippen molar-refractivity contribution in [3.63, 3.8) is 0 Å². The molecule has 0 aliphatic carbocycles. The molecule has 0 saturated heterocycles. The summed E-state index contributed by atoms with van der Waals surface area (Å²) in [4.78, 5) is 24.9. The highest BCUT2D eigenvalue weighted by Gasteiger charge is 2.24. The Kier molecular flexibility index (Phi) is 8.52. The Morgan fingerprint density at radius 2 is 1.83 bits per heavy atom. The number of benzene rings is 2. The molecule has 1 amide bonds. The van der Waals surface area contributed by atoms with Crippen molar-refractivity contribution >= 4 is 12.1 Å². The van der Waals surface area contributed by atoms with Crippen LogP contribution in [0.2, 0.25) is 0 Å². The van der Waals surface area contributed by atoms with Gasteiger partial charge in [0.05, 0.1) is 24.8 Å². The second-order valence-electron chi connectivity index (χ2n) is 9.08. The lowest BCUT2D eigenvalue weighted by molar-refractivity contribution is -0.143. The summed E-state index contributed by atoms with van der Waals surface area (Å²) in [6.07, 6.45) is 1.05. The van der Waals surface area contributed by atoms with Crippen molar-refractivity contribution < 1.29 is 23.8 Å². The molecule has 186 valence electrons. The molecule has 0 aliphatic rings. The van der Waals surface area contributed by atoms with Crippen LogP contribution in [-0.2, 0) is 27.9 Å². The number of nitrogens with one attached hydrogen (secondary N) is 1. The fourth-order valence-corrected chi connectivity index (χ4v) is 3.55. The first-order chi connectivity index (χ1) is 16.7. The van der Waals surface area contributed by atoms with Crippen LogP contribution in [0.15, 0.2) is 60.8 Å². The summed E-state index contributed by atoms with van der Waals surface area (Å²) in [6, 6.07) is 16.7. The zero-order valence-electron chi connectivity index (χ0n) is 20.9. The molecule has 35 heavy (non-hydrogen) atoms. The average Bonchev–Trinajstić information content (AvgIpc) is 3.22. The number of nitrogens with zero attached hydrogens (tertiary/aromatic N) is 2. The van der Waals surface area contributed by atoms with Crippen molar-refractivity contribution in [1.82, 2.24) is 15.1 Å². The first kappa shape index (κ1) is 25.8. The van der Waals surface area contributed by atoms with Gasteiger partial charge in [-0.25, -0.2) is 4.79 Å². The van der Waals surface area contributed by atoms with Crippen LogP contribution in [0, 0.1) is 0 Å². The number of rotatable bonds is 9. The van der Waals surface area contributed by atoms with E-state index in [0.29, 0.717) is 17.9 Å². The van der Waals surface area contributed by atoms with Crippen LogP contribution in [0.25, 0.3) is 11.3 Å². The molecular weight excluding hydrogens is 446 g/mol. The summed E-state index contributed by atoms with van der Waals surface area (Å²) in [7, 11) is 1.85. The highest BCUT2D eigenvalue weighted by atomic mass is 16.6. The number of hydrogen-bond donors (Lipinski definition) is 1. The first-order valence-corrected chi connectivity index (χ1v) is 11.6. The van der Waals surface area contributed by atoms with Gasteiger partial charge in [0.15, 0.2) is 0 Å². The quantitative estimate of drug-likeness (QED) is 0.425. The topological polar surface area (TPSA) is 91.7 Å². The maximum Gasteiger partial charge on any atom is 0.408 e. The Labute approximate surface area is 206 Å². The molecule has 2 aromatic carbocycles. The number of aryl methyl sites for hydroxylation is 1. The van der Waals surface area contributed by atoms with Gasteiger partial charge in [0.1, 0.15) is 18.0 Å². The molecule has 1 atom stereocenters. The maximum atomic E-state index is 12.6. The summed E-state index contributed by atoms with van der Waals surface area (Å²) in [5, 5.41) is 7.10. The summed E-state index contributed by atoms with van der Waals surface area (Å²) >= 11 is 0. The minimum atomic E-state index is -0.673. The van der Waals surface area contributed by atoms with E-state index in [1.165, 1.54) is 0 Å². The number of ether oxygens (including phenoxy) is 3. The van der Waals surface area contributed by atoms with Gasteiger partial charge in [-0.15, -0.1) is 0 Å². The van der Waals surface area contributed by atoms with Gasteiger partial charge in [0.25, 0.3) is 0 Å². The van der Waals surface area contributed by atoms with Crippen LogP contribution in [0.3, 0.4) is 0 Å². The highest BCUT2D eigenvalue weighted by molar-refractivity contribution is 5.74. The number of hydrogen-bond acceptors (Lipinski definition) is 6. The Hall–Kier alpha value is -3.81. The van der Waals surface area contributed by atoms with Crippen LogP contribution in [0.1, 0.15) is 51.3 Å². The van der Waals surface area contributed by atoms with E-state index < -0.39 is 23.7 Å². The van der Waals surface area contributed by atoms with Gasteiger partial charge in [-0.1, -0.05) is 36.4 Å². The van der Waals surface area contributed by atoms with Gasteiger partial charge in [-0.2, -0.15) is 5.10 Å². The molecular formula is C27H33N3O5. The third-order valence-electron chi connectivity index (χ3n) is 5.11. The molecule has 0 spiro atoms. The number of esters is 1. The molecule has 0 saturated carbocycles. The van der Waals surface area contributed by atoms with Crippen LogP contribution >= 0.6 is 0 Å². The van der Waals surface area contributed by atoms with E-state index in [-0.39, 0.29) is 13.0 Å². The molecule has 8 heteroatoms. The molecule has 0 fully saturated rings. The van der Waals surface area contributed by atoms with E-state index in [2.05, 4.69) is 10.4 Å². The fourth-order valence-electron chi connectivity index (χ4n) is 3.55. The fraction of sp³-hybridized carbons (Fsp3) is 0.370. The van der Waals surface area contributed by atoms with E-state index in [0.717, 1.165) is 16.8 Å². The van der Waals surface area contributed by atoms with Gasteiger partial charge in [0, 0.05) is 18.8 Å². The van der Waals surface area contributed by atoms with Crippen molar-refractivity contribution in [3.05, 3.63) is 71.9 Å². The molecule has 0 radical (unpaired) electrons. The highest BCUT2D eigenvalue weighted by Crippen LogP contribution is 2.34. The van der Waals surface area contributed by atoms with Crippen LogP contribution in [0.4, 0.5) is 4.79 Å². The molecule has 1 aromatic heterocycles. The molecule has 3 rings (SSSR count). The van der Waals surface area contributed by atoms with Crippen molar-refractivity contribution in [2.45, 2.75) is 52.4 Å². The van der Waals surface area contributed by atoms with Crippen LogP contribution in [0.5, 0.6) is 5.75 Å². The normalized spacial score (nSPS) is 12.0. The molecule has 8 nitrogen and oxygen atoms in total. The molecule has 3 aromatic rings. The average molecular weight is 480 g/mol. The molecule has 0 bridgehead atoms. The third kappa shape index (κ3) is 7.60. The van der Waals surface area contributed by atoms with Crippen molar-refractivity contribution in [1.29, 1.82) is 0 Å². The van der Waals surface area contributed by atoms with E-state index in [4.69, 9.17) is 14.2 Å². The first-order valence-electron chi connectivity index (χ1n) is 11.6. The Morgan fingerprint density at radius 3 is 2.46 bits per heavy atom. The van der Waals surface area contributed by atoms with Gasteiger partial charge in [0.2, 0.25) is 0 Å². The number of alkyl carbamates (subject to hydrolysis) is 1. The molecule has 0 aliphatic heterocycles. The molecule has 1 N–H and O–H groups in total. The molecule has 0 unspecified atom stereocenters. The minimum Gasteiger partial charge on any atom is -0.488 e. The van der Waals surface area contributed by atoms with Gasteiger partial charge >= 0.3 is 12.1 Å². The van der Waals surface area contributed by atoms with E-state index >= 15 is 0 Å². The number of carbonyl (C=O) groups excluding carboxylic acids is 2. The summed E-state index contributed by atoms with van der Waals surface area (Å²) in [5.41, 5.74) is 2.71. The zero-order valence-corrected chi connectivity index (χ0v) is 20.9. The second-order valence-corrected chi connectivity index (χ2v) is 9.08. The number of carbonyl (C=O) groups is 2. The second kappa shape index (κ2) is 11.6. The van der Waals surface area contributed by atoms with Crippen LogP contribution < -0.4 is 10.1 Å². The SMILES string of the molecule is CCOC(=O)C[C@H](NC(=O)OC(C)(C)C)c1ccc(OCc2ccccc2)c(-c2ccnn2C)c1. The van der Waals surface area contributed by atoms with E-state index in [1.54, 1.807) is 38.6 Å². The molecule has 1 heterocycles. The number of amides is 1. The predicted molar refractivity (Wildman–Crippen MR) is 133 cm³/mol. The summed E-state index contributed by atoms with van der Waals surface area (Å²) in [6.45, 7) is 7.75. The maximum absolute atomic E-state index is 12.6. The zero-order chi connectivity index (χ0) is 25.4.